The standard InChI is InChI=1S/C16H9FN2O3S2/c17-11-4-1-3-10(7-11)8-14-15(20)18(16(23)24-14)12-5-2-6-13(9-12)19(21)22/h1-9H/b14-8+. The van der Waals surface area contributed by atoms with Crippen LogP contribution in [-0.4, -0.2) is 15.2 Å². The minimum absolute atomic E-state index is 0.129. The van der Waals surface area contributed by atoms with Crippen LogP contribution in [-0.2, 0) is 4.79 Å². The highest BCUT2D eigenvalue weighted by Crippen LogP contribution is 2.36. The van der Waals surface area contributed by atoms with Gasteiger partial charge < -0.3 is 0 Å². The minimum Gasteiger partial charge on any atom is -0.268 e. The lowest BCUT2D eigenvalue weighted by Crippen LogP contribution is -2.27. The van der Waals surface area contributed by atoms with Gasteiger partial charge in [-0.2, -0.15) is 0 Å². The number of thioether (sulfide) groups is 1. The number of carbonyl (C=O) groups is 1. The van der Waals surface area contributed by atoms with Crippen molar-refractivity contribution in [1.82, 2.24) is 0 Å². The molecule has 0 saturated carbocycles. The number of thiocarbonyl (C=S) groups is 1. The zero-order valence-electron chi connectivity index (χ0n) is 12.0. The summed E-state index contributed by atoms with van der Waals surface area (Å²) < 4.78 is 13.5. The number of hydrogen-bond acceptors (Lipinski definition) is 5. The summed E-state index contributed by atoms with van der Waals surface area (Å²) in [4.78, 5) is 24.5. The number of nitro benzene ring substituents is 1. The Morgan fingerprint density at radius 1 is 1.21 bits per heavy atom. The number of rotatable bonds is 3. The van der Waals surface area contributed by atoms with Gasteiger partial charge in [-0.3, -0.25) is 19.8 Å². The summed E-state index contributed by atoms with van der Waals surface area (Å²) in [5.74, 6) is -0.798. The van der Waals surface area contributed by atoms with Crippen LogP contribution >= 0.6 is 24.0 Å². The quantitative estimate of drug-likeness (QED) is 0.356. The predicted octanol–water partition coefficient (Wildman–Crippen LogP) is 4.14. The zero-order chi connectivity index (χ0) is 17.3. The molecule has 1 aliphatic rings. The molecule has 120 valence electrons. The summed E-state index contributed by atoms with van der Waals surface area (Å²) in [7, 11) is 0. The number of nitro groups is 1. The molecule has 0 N–H and O–H groups in total. The lowest BCUT2D eigenvalue weighted by atomic mass is 10.2. The van der Waals surface area contributed by atoms with Crippen molar-refractivity contribution >= 4 is 51.7 Å². The molecule has 24 heavy (non-hydrogen) atoms. The number of halogens is 1. The van der Waals surface area contributed by atoms with Crippen molar-refractivity contribution in [3.05, 3.63) is 74.9 Å². The first-order chi connectivity index (χ1) is 11.5. The van der Waals surface area contributed by atoms with Gasteiger partial charge in [0.15, 0.2) is 4.32 Å². The number of non-ortho nitro benzene ring substituents is 1. The number of benzene rings is 2. The van der Waals surface area contributed by atoms with E-state index in [0.717, 1.165) is 11.8 Å². The van der Waals surface area contributed by atoms with E-state index in [1.165, 1.54) is 35.2 Å². The minimum atomic E-state index is -0.538. The summed E-state index contributed by atoms with van der Waals surface area (Å²) in [6.07, 6.45) is 1.54. The van der Waals surface area contributed by atoms with Gasteiger partial charge in [0, 0.05) is 12.1 Å². The van der Waals surface area contributed by atoms with Crippen molar-refractivity contribution in [1.29, 1.82) is 0 Å². The number of nitrogens with zero attached hydrogens (tertiary/aromatic N) is 2. The first-order valence-electron chi connectivity index (χ1n) is 6.74. The van der Waals surface area contributed by atoms with Gasteiger partial charge in [0.1, 0.15) is 5.82 Å². The molecule has 0 aliphatic carbocycles. The molecule has 3 rings (SSSR count). The molecule has 2 aromatic carbocycles. The van der Waals surface area contributed by atoms with Crippen molar-refractivity contribution in [2.75, 3.05) is 4.90 Å². The summed E-state index contributed by atoms with van der Waals surface area (Å²) in [6, 6.07) is 11.5. The Morgan fingerprint density at radius 2 is 1.96 bits per heavy atom. The van der Waals surface area contributed by atoms with Crippen LogP contribution in [0.25, 0.3) is 6.08 Å². The van der Waals surface area contributed by atoms with Crippen molar-refractivity contribution in [3.63, 3.8) is 0 Å². The number of hydrogen-bond donors (Lipinski definition) is 0. The number of carbonyl (C=O) groups excluding carboxylic acids is 1. The molecular weight excluding hydrogens is 351 g/mol. The van der Waals surface area contributed by atoms with Crippen LogP contribution in [0.1, 0.15) is 5.56 Å². The van der Waals surface area contributed by atoms with Crippen LogP contribution < -0.4 is 4.90 Å². The summed E-state index contributed by atoms with van der Waals surface area (Å²) in [6.45, 7) is 0. The van der Waals surface area contributed by atoms with Gasteiger partial charge in [-0.05, 0) is 29.8 Å². The highest BCUT2D eigenvalue weighted by molar-refractivity contribution is 8.27. The van der Waals surface area contributed by atoms with Crippen LogP contribution in [0.5, 0.6) is 0 Å². The second-order valence-corrected chi connectivity index (χ2v) is 6.52. The molecule has 0 bridgehead atoms. The normalized spacial score (nSPS) is 16.0. The Hall–Kier alpha value is -2.58. The van der Waals surface area contributed by atoms with Crippen LogP contribution in [0, 0.1) is 15.9 Å². The van der Waals surface area contributed by atoms with Crippen LogP contribution in [0.4, 0.5) is 15.8 Å². The van der Waals surface area contributed by atoms with Crippen molar-refractivity contribution in [2.45, 2.75) is 0 Å². The highest BCUT2D eigenvalue weighted by Gasteiger charge is 2.33. The smallest absolute Gasteiger partial charge is 0.268 e. The van der Waals surface area contributed by atoms with Gasteiger partial charge in [0.25, 0.3) is 11.6 Å². The van der Waals surface area contributed by atoms with Crippen LogP contribution in [0.15, 0.2) is 53.4 Å². The lowest BCUT2D eigenvalue weighted by Gasteiger charge is -2.13. The van der Waals surface area contributed by atoms with Gasteiger partial charge in [-0.1, -0.05) is 42.2 Å². The molecule has 1 saturated heterocycles. The second-order valence-electron chi connectivity index (χ2n) is 4.85. The van der Waals surface area contributed by atoms with E-state index in [1.54, 1.807) is 24.3 Å². The fourth-order valence-corrected chi connectivity index (χ4v) is 3.48. The Kier molecular flexibility index (Phi) is 4.41. The van der Waals surface area contributed by atoms with E-state index < -0.39 is 16.6 Å². The summed E-state index contributed by atoms with van der Waals surface area (Å²) in [5.41, 5.74) is 0.736. The molecule has 1 heterocycles. The third kappa shape index (κ3) is 3.19. The maximum atomic E-state index is 13.3. The van der Waals surface area contributed by atoms with Crippen molar-refractivity contribution < 1.29 is 14.1 Å². The number of amides is 1. The molecule has 1 aliphatic heterocycles. The molecular formula is C16H9FN2O3S2. The topological polar surface area (TPSA) is 63.5 Å². The van der Waals surface area contributed by atoms with Gasteiger partial charge in [0.05, 0.1) is 15.5 Å². The van der Waals surface area contributed by atoms with Crippen molar-refractivity contribution in [2.24, 2.45) is 0 Å². The van der Waals surface area contributed by atoms with Crippen molar-refractivity contribution in [3.8, 4) is 0 Å². The summed E-state index contributed by atoms with van der Waals surface area (Å²) >= 11 is 6.28. The van der Waals surface area contributed by atoms with Crippen LogP contribution in [0.3, 0.4) is 0 Å². The molecule has 0 unspecified atom stereocenters. The second kappa shape index (κ2) is 6.50. The molecule has 1 fully saturated rings. The highest BCUT2D eigenvalue weighted by atomic mass is 32.2. The molecule has 1 amide bonds. The Labute approximate surface area is 145 Å². The molecule has 0 aromatic heterocycles. The Bertz CT molecular complexity index is 898. The van der Waals surface area contributed by atoms with Gasteiger partial charge in [-0.25, -0.2) is 4.39 Å². The maximum absolute atomic E-state index is 13.3. The molecule has 2 aromatic rings. The monoisotopic (exact) mass is 360 g/mol. The fraction of sp³-hybridized carbons (Fsp3) is 0. The molecule has 0 radical (unpaired) electrons. The first kappa shape index (κ1) is 16.3. The molecule has 0 spiro atoms. The molecule has 5 nitrogen and oxygen atoms in total. The van der Waals surface area contributed by atoms with E-state index in [4.69, 9.17) is 12.2 Å². The number of anilines is 1. The van der Waals surface area contributed by atoms with E-state index in [2.05, 4.69) is 0 Å². The van der Waals surface area contributed by atoms with E-state index >= 15 is 0 Å². The third-order valence-corrected chi connectivity index (χ3v) is 4.54. The predicted molar refractivity (Wildman–Crippen MR) is 95.1 cm³/mol. The third-order valence-electron chi connectivity index (χ3n) is 3.24. The summed E-state index contributed by atoms with van der Waals surface area (Å²) in [5, 5.41) is 10.9. The SMILES string of the molecule is O=C1/C(=C\c2cccc(F)c2)SC(=S)N1c1cccc([N+](=O)[O-])c1. The fourth-order valence-electron chi connectivity index (χ4n) is 2.18. The Balaban J connectivity index is 1.95. The Morgan fingerprint density at radius 3 is 2.67 bits per heavy atom. The average molecular weight is 360 g/mol. The van der Waals surface area contributed by atoms with Gasteiger partial charge in [0.2, 0.25) is 0 Å². The van der Waals surface area contributed by atoms with Crippen LogP contribution in [0.2, 0.25) is 0 Å². The van der Waals surface area contributed by atoms with E-state index in [0.29, 0.717) is 16.2 Å². The van der Waals surface area contributed by atoms with E-state index in [-0.39, 0.29) is 10.0 Å². The van der Waals surface area contributed by atoms with E-state index in [1.807, 2.05) is 0 Å². The lowest BCUT2D eigenvalue weighted by molar-refractivity contribution is -0.384. The van der Waals surface area contributed by atoms with E-state index in [9.17, 15) is 19.3 Å². The average Bonchev–Trinajstić information content (AvgIpc) is 2.81. The molecule has 0 atom stereocenters. The van der Waals surface area contributed by atoms with Gasteiger partial charge in [-0.15, -0.1) is 0 Å². The van der Waals surface area contributed by atoms with Gasteiger partial charge >= 0.3 is 0 Å². The zero-order valence-corrected chi connectivity index (χ0v) is 13.6. The molecule has 8 heteroatoms. The maximum Gasteiger partial charge on any atom is 0.271 e. The largest absolute Gasteiger partial charge is 0.271 e. The first-order valence-corrected chi connectivity index (χ1v) is 7.96.